The number of aromatic hydroxyl groups is 2. The third-order valence-electron chi connectivity index (χ3n) is 5.05. The Morgan fingerprint density at radius 1 is 1.20 bits per heavy atom. The summed E-state index contributed by atoms with van der Waals surface area (Å²) < 4.78 is 0. The van der Waals surface area contributed by atoms with Crippen LogP contribution in [0.1, 0.15) is 43.7 Å². The molecule has 1 heterocycles. The number of rotatable bonds is 2. The van der Waals surface area contributed by atoms with E-state index in [1.807, 2.05) is 6.07 Å². The third kappa shape index (κ3) is 2.39. The quantitative estimate of drug-likeness (QED) is 0.815. The maximum absolute atomic E-state index is 10.1. The van der Waals surface area contributed by atoms with Crippen LogP contribution in [-0.4, -0.2) is 34.2 Å². The average molecular weight is 275 g/mol. The van der Waals surface area contributed by atoms with Gasteiger partial charge >= 0.3 is 0 Å². The molecule has 0 aromatic heterocycles. The van der Waals surface area contributed by atoms with E-state index in [1.165, 1.54) is 44.3 Å². The molecule has 1 saturated heterocycles. The van der Waals surface area contributed by atoms with Gasteiger partial charge in [-0.1, -0.05) is 19.4 Å². The van der Waals surface area contributed by atoms with Crippen LogP contribution in [0.5, 0.6) is 11.5 Å². The number of phenols is 2. The van der Waals surface area contributed by atoms with Crippen LogP contribution in [0.4, 0.5) is 0 Å². The molecule has 3 nitrogen and oxygen atoms in total. The molecule has 0 radical (unpaired) electrons. The summed E-state index contributed by atoms with van der Waals surface area (Å²) in [6.45, 7) is 4.65. The fraction of sp³-hybridized carbons (Fsp3) is 0.647. The van der Waals surface area contributed by atoms with E-state index in [0.29, 0.717) is 12.0 Å². The van der Waals surface area contributed by atoms with E-state index >= 15 is 0 Å². The van der Waals surface area contributed by atoms with E-state index < -0.39 is 0 Å². The number of benzene rings is 1. The van der Waals surface area contributed by atoms with Crippen molar-refractivity contribution in [2.24, 2.45) is 5.92 Å². The highest BCUT2D eigenvalue weighted by Gasteiger charge is 2.35. The van der Waals surface area contributed by atoms with E-state index in [9.17, 15) is 10.2 Å². The number of phenolic OH excluding ortho intramolecular Hbond substituents is 2. The molecular formula is C17H25NO2. The van der Waals surface area contributed by atoms with Gasteiger partial charge in [0.25, 0.3) is 0 Å². The normalized spacial score (nSPS) is 26.6. The van der Waals surface area contributed by atoms with Crippen LogP contribution in [0.3, 0.4) is 0 Å². The van der Waals surface area contributed by atoms with Gasteiger partial charge in [-0.2, -0.15) is 0 Å². The predicted octanol–water partition coefficient (Wildman–Crippen LogP) is 3.08. The van der Waals surface area contributed by atoms with Crippen LogP contribution >= 0.6 is 0 Å². The molecule has 0 amide bonds. The second-order valence-corrected chi connectivity index (χ2v) is 6.34. The molecule has 1 aromatic rings. The van der Waals surface area contributed by atoms with Crippen molar-refractivity contribution < 1.29 is 10.2 Å². The Morgan fingerprint density at radius 2 is 2.05 bits per heavy atom. The molecular weight excluding hydrogens is 250 g/mol. The molecule has 20 heavy (non-hydrogen) atoms. The zero-order valence-electron chi connectivity index (χ0n) is 12.3. The van der Waals surface area contributed by atoms with Crippen molar-refractivity contribution in [1.82, 2.24) is 4.90 Å². The van der Waals surface area contributed by atoms with E-state index in [-0.39, 0.29) is 11.5 Å². The minimum Gasteiger partial charge on any atom is -0.504 e. The third-order valence-corrected chi connectivity index (χ3v) is 5.05. The first kappa shape index (κ1) is 13.7. The monoisotopic (exact) mass is 275 g/mol. The smallest absolute Gasteiger partial charge is 0.160 e. The molecule has 0 spiro atoms. The molecule has 3 rings (SSSR count). The fourth-order valence-electron chi connectivity index (χ4n) is 4.05. The lowest BCUT2D eigenvalue weighted by atomic mass is 9.77. The van der Waals surface area contributed by atoms with E-state index in [0.717, 1.165) is 18.4 Å². The average Bonchev–Trinajstić information content (AvgIpc) is 2.64. The lowest BCUT2D eigenvalue weighted by Crippen LogP contribution is -2.44. The highest BCUT2D eigenvalue weighted by Crippen LogP contribution is 2.41. The van der Waals surface area contributed by atoms with Gasteiger partial charge in [0.1, 0.15) is 0 Å². The Labute approximate surface area is 121 Å². The maximum Gasteiger partial charge on any atom is 0.160 e. The number of likely N-dealkylation sites (tertiary alicyclic amines) is 1. The van der Waals surface area contributed by atoms with E-state index in [1.54, 1.807) is 6.07 Å². The first-order valence-corrected chi connectivity index (χ1v) is 7.97. The highest BCUT2D eigenvalue weighted by atomic mass is 16.3. The molecule has 110 valence electrons. The molecule has 2 aliphatic rings. The number of nitrogens with zero attached hydrogens (tertiary/aromatic N) is 1. The van der Waals surface area contributed by atoms with Gasteiger partial charge in [0, 0.05) is 11.6 Å². The van der Waals surface area contributed by atoms with Gasteiger partial charge in [-0.3, -0.25) is 4.90 Å². The Bertz CT molecular complexity index is 486. The van der Waals surface area contributed by atoms with Gasteiger partial charge in [0.05, 0.1) is 0 Å². The highest BCUT2D eigenvalue weighted by molar-refractivity contribution is 5.50. The van der Waals surface area contributed by atoms with Crippen molar-refractivity contribution in [2.75, 3.05) is 13.1 Å². The molecule has 0 bridgehead atoms. The summed E-state index contributed by atoms with van der Waals surface area (Å²) in [4.78, 5) is 2.66. The van der Waals surface area contributed by atoms with Gasteiger partial charge in [-0.05, 0) is 62.7 Å². The second-order valence-electron chi connectivity index (χ2n) is 6.34. The van der Waals surface area contributed by atoms with Gasteiger partial charge < -0.3 is 10.2 Å². The van der Waals surface area contributed by atoms with Crippen LogP contribution in [0.25, 0.3) is 0 Å². The Kier molecular flexibility index (Phi) is 3.88. The number of fused-ring (bicyclic) bond motifs is 2. The van der Waals surface area contributed by atoms with Crippen molar-refractivity contribution in [3.63, 3.8) is 0 Å². The maximum atomic E-state index is 10.1. The fourth-order valence-corrected chi connectivity index (χ4v) is 4.05. The van der Waals surface area contributed by atoms with E-state index in [2.05, 4.69) is 11.8 Å². The lowest BCUT2D eigenvalue weighted by molar-refractivity contribution is 0.144. The standard InChI is InChI=1S/C17H25NO2/c1-2-8-18-9-4-3-5-13-10-14-12(11-15(13)18)6-7-16(19)17(14)20/h6-7,13,15,19-20H,2-5,8-11H2,1H3/t13-,15?/m0/s1. The van der Waals surface area contributed by atoms with Gasteiger partial charge in [-0.15, -0.1) is 0 Å². The summed E-state index contributed by atoms with van der Waals surface area (Å²) >= 11 is 0. The van der Waals surface area contributed by atoms with Gasteiger partial charge in [-0.25, -0.2) is 0 Å². The van der Waals surface area contributed by atoms with Crippen molar-refractivity contribution in [3.8, 4) is 11.5 Å². The van der Waals surface area contributed by atoms with Gasteiger partial charge in [0.15, 0.2) is 11.5 Å². The van der Waals surface area contributed by atoms with Crippen molar-refractivity contribution in [3.05, 3.63) is 23.3 Å². The predicted molar refractivity (Wildman–Crippen MR) is 80.2 cm³/mol. The zero-order chi connectivity index (χ0) is 14.1. The molecule has 1 aliphatic carbocycles. The molecule has 3 heteroatoms. The van der Waals surface area contributed by atoms with Crippen LogP contribution < -0.4 is 0 Å². The van der Waals surface area contributed by atoms with Crippen LogP contribution in [0.2, 0.25) is 0 Å². The van der Waals surface area contributed by atoms with Gasteiger partial charge in [0.2, 0.25) is 0 Å². The molecule has 1 aliphatic heterocycles. The van der Waals surface area contributed by atoms with Crippen molar-refractivity contribution in [1.29, 1.82) is 0 Å². The molecule has 1 unspecified atom stereocenters. The largest absolute Gasteiger partial charge is 0.504 e. The SMILES string of the molecule is CCCN1CCCC[C@H]2Cc3c(ccc(O)c3O)CC21. The lowest BCUT2D eigenvalue weighted by Gasteiger charge is -2.39. The molecule has 0 saturated carbocycles. The summed E-state index contributed by atoms with van der Waals surface area (Å²) in [7, 11) is 0. The number of hydrogen-bond donors (Lipinski definition) is 2. The first-order valence-electron chi connectivity index (χ1n) is 7.97. The first-order chi connectivity index (χ1) is 9.70. The minimum absolute atomic E-state index is 0.0289. The molecule has 1 fully saturated rings. The Balaban J connectivity index is 1.92. The number of hydrogen-bond acceptors (Lipinski definition) is 3. The van der Waals surface area contributed by atoms with Crippen LogP contribution in [0.15, 0.2) is 12.1 Å². The zero-order valence-corrected chi connectivity index (χ0v) is 12.3. The minimum atomic E-state index is 0.0289. The Morgan fingerprint density at radius 3 is 2.85 bits per heavy atom. The second kappa shape index (κ2) is 5.65. The molecule has 1 aromatic carbocycles. The Hall–Kier alpha value is -1.22. The van der Waals surface area contributed by atoms with Crippen LogP contribution in [0, 0.1) is 5.92 Å². The van der Waals surface area contributed by atoms with Crippen LogP contribution in [-0.2, 0) is 12.8 Å². The molecule has 2 atom stereocenters. The molecule has 2 N–H and O–H groups in total. The van der Waals surface area contributed by atoms with E-state index in [4.69, 9.17) is 0 Å². The summed E-state index contributed by atoms with van der Waals surface area (Å²) in [5, 5.41) is 19.8. The summed E-state index contributed by atoms with van der Waals surface area (Å²) in [6.07, 6.45) is 6.97. The topological polar surface area (TPSA) is 43.7 Å². The van der Waals surface area contributed by atoms with Crippen molar-refractivity contribution in [2.45, 2.75) is 51.5 Å². The summed E-state index contributed by atoms with van der Waals surface area (Å²) in [6, 6.07) is 4.25. The summed E-state index contributed by atoms with van der Waals surface area (Å²) in [5.74, 6) is 0.776. The van der Waals surface area contributed by atoms with Crippen molar-refractivity contribution >= 4 is 0 Å². The summed E-state index contributed by atoms with van der Waals surface area (Å²) in [5.41, 5.74) is 2.22.